The molecule has 186 valence electrons. The Kier molecular flexibility index (Phi) is 7.70. The zero-order valence-electron chi connectivity index (χ0n) is 20.8. The zero-order chi connectivity index (χ0) is 24.9. The van der Waals surface area contributed by atoms with Gasteiger partial charge in [0, 0.05) is 7.11 Å². The molecule has 1 aliphatic rings. The molecular weight excluding hydrogens is 446 g/mol. The van der Waals surface area contributed by atoms with Crippen LogP contribution >= 0.6 is 0 Å². The Labute approximate surface area is 205 Å². The van der Waals surface area contributed by atoms with Gasteiger partial charge in [-0.2, -0.15) is 0 Å². The van der Waals surface area contributed by atoms with Crippen LogP contribution in [0.1, 0.15) is 38.8 Å². The summed E-state index contributed by atoms with van der Waals surface area (Å²) in [7, 11) is 1.58. The fourth-order valence-corrected chi connectivity index (χ4v) is 4.42. The van der Waals surface area contributed by atoms with Crippen molar-refractivity contribution in [3.63, 3.8) is 0 Å². The number of imidazole rings is 1. The number of esters is 1. The third kappa shape index (κ3) is 5.03. The topological polar surface area (TPSA) is 82.9 Å². The van der Waals surface area contributed by atoms with Gasteiger partial charge in [-0.25, -0.2) is 4.98 Å². The van der Waals surface area contributed by atoms with E-state index in [0.717, 1.165) is 28.8 Å². The molecule has 8 nitrogen and oxygen atoms in total. The van der Waals surface area contributed by atoms with E-state index < -0.39 is 17.9 Å². The van der Waals surface area contributed by atoms with Crippen molar-refractivity contribution in [2.75, 3.05) is 38.4 Å². The second kappa shape index (κ2) is 10.9. The van der Waals surface area contributed by atoms with E-state index in [1.807, 2.05) is 53.1 Å². The molecule has 0 fully saturated rings. The lowest BCUT2D eigenvalue weighted by atomic mass is 9.89. The van der Waals surface area contributed by atoms with E-state index in [1.165, 1.54) is 4.90 Å². The predicted octanol–water partition coefficient (Wildman–Crippen LogP) is 4.22. The van der Waals surface area contributed by atoms with Gasteiger partial charge in [0.05, 0.1) is 43.4 Å². The number of hydrogen-bond acceptors (Lipinski definition) is 6. The number of hydrogen-bond donors (Lipinski definition) is 0. The van der Waals surface area contributed by atoms with Crippen molar-refractivity contribution < 1.29 is 23.8 Å². The summed E-state index contributed by atoms with van der Waals surface area (Å²) in [5.74, 6) is -0.139. The monoisotopic (exact) mass is 479 g/mol. The molecule has 8 heteroatoms. The summed E-state index contributed by atoms with van der Waals surface area (Å²) in [6.07, 6.45) is 0.964. The summed E-state index contributed by atoms with van der Waals surface area (Å²) >= 11 is 0. The third-order valence-corrected chi connectivity index (χ3v) is 6.19. The number of anilines is 1. The van der Waals surface area contributed by atoms with E-state index in [1.54, 1.807) is 14.0 Å². The molecule has 0 saturated carbocycles. The molecule has 35 heavy (non-hydrogen) atoms. The molecule has 0 saturated heterocycles. The molecule has 2 heterocycles. The summed E-state index contributed by atoms with van der Waals surface area (Å²) in [5, 5.41) is 0. The van der Waals surface area contributed by atoms with Crippen molar-refractivity contribution in [2.24, 2.45) is 11.8 Å². The molecular formula is C27H33N3O5. The highest BCUT2D eigenvalue weighted by atomic mass is 16.5. The lowest BCUT2D eigenvalue weighted by molar-refractivity contribution is -0.153. The van der Waals surface area contributed by atoms with E-state index in [9.17, 15) is 9.59 Å². The van der Waals surface area contributed by atoms with Crippen LogP contribution < -0.4 is 9.64 Å². The van der Waals surface area contributed by atoms with Crippen molar-refractivity contribution in [1.82, 2.24) is 9.55 Å². The second-order valence-electron chi connectivity index (χ2n) is 9.03. The summed E-state index contributed by atoms with van der Waals surface area (Å²) in [6.45, 7) is 7.48. The molecule has 0 radical (unpaired) electrons. The first-order valence-electron chi connectivity index (χ1n) is 12.1. The first-order valence-corrected chi connectivity index (χ1v) is 12.1. The van der Waals surface area contributed by atoms with Crippen LogP contribution in [0.2, 0.25) is 0 Å². The minimum Gasteiger partial charge on any atom is -0.494 e. The largest absolute Gasteiger partial charge is 0.494 e. The Morgan fingerprint density at radius 1 is 1.09 bits per heavy atom. The number of fused-ring (bicyclic) bond motifs is 3. The van der Waals surface area contributed by atoms with Gasteiger partial charge in [-0.1, -0.05) is 38.1 Å². The maximum absolute atomic E-state index is 13.7. The van der Waals surface area contributed by atoms with Gasteiger partial charge in [0.25, 0.3) is 0 Å². The highest BCUT2D eigenvalue weighted by Gasteiger charge is 2.47. The molecule has 1 aliphatic heterocycles. The minimum absolute atomic E-state index is 0.188. The number of benzene rings is 2. The van der Waals surface area contributed by atoms with Crippen molar-refractivity contribution >= 4 is 28.9 Å². The number of amides is 1. The lowest BCUT2D eigenvalue weighted by Crippen LogP contribution is -2.51. The van der Waals surface area contributed by atoms with Gasteiger partial charge >= 0.3 is 5.97 Å². The smallest absolute Gasteiger partial charge is 0.321 e. The number of carbonyl (C=O) groups excluding carboxylic acids is 2. The molecule has 1 aromatic heterocycles. The number of para-hydroxylation sites is 2. The van der Waals surface area contributed by atoms with E-state index in [2.05, 4.69) is 13.8 Å². The standard InChI is InChI=1S/C27H33N3O5/c1-5-34-26(32)23-24(19-10-12-20(13-11-19)35-16-14-18(2)3)30-22-9-7-6-8-21(22)28-27(30)29(25(23)31)15-17-33-4/h6-13,18,23-24H,5,14-17H2,1-4H3. The molecule has 0 aliphatic carbocycles. The molecule has 0 bridgehead atoms. The van der Waals surface area contributed by atoms with Crippen LogP contribution in [0.4, 0.5) is 5.95 Å². The van der Waals surface area contributed by atoms with Crippen molar-refractivity contribution in [2.45, 2.75) is 33.2 Å². The highest BCUT2D eigenvalue weighted by Crippen LogP contribution is 2.41. The average molecular weight is 480 g/mol. The van der Waals surface area contributed by atoms with Gasteiger partial charge in [-0.3, -0.25) is 14.5 Å². The van der Waals surface area contributed by atoms with Crippen molar-refractivity contribution in [1.29, 1.82) is 0 Å². The van der Waals surface area contributed by atoms with Crippen molar-refractivity contribution in [3.8, 4) is 5.75 Å². The van der Waals surface area contributed by atoms with Crippen LogP contribution in [0.15, 0.2) is 48.5 Å². The fourth-order valence-electron chi connectivity index (χ4n) is 4.42. The predicted molar refractivity (Wildman–Crippen MR) is 134 cm³/mol. The van der Waals surface area contributed by atoms with Crippen LogP contribution in [-0.2, 0) is 19.1 Å². The van der Waals surface area contributed by atoms with Gasteiger partial charge in [0.1, 0.15) is 5.75 Å². The van der Waals surface area contributed by atoms with Gasteiger partial charge in [0.15, 0.2) is 5.92 Å². The number of carbonyl (C=O) groups is 2. The molecule has 1 amide bonds. The maximum Gasteiger partial charge on any atom is 0.321 e. The Balaban J connectivity index is 1.81. The average Bonchev–Trinajstić information content (AvgIpc) is 3.22. The molecule has 2 atom stereocenters. The van der Waals surface area contributed by atoms with E-state index in [4.69, 9.17) is 19.2 Å². The van der Waals surface area contributed by atoms with Gasteiger partial charge in [0.2, 0.25) is 11.9 Å². The first kappa shape index (κ1) is 24.7. The van der Waals surface area contributed by atoms with Crippen LogP contribution in [0.3, 0.4) is 0 Å². The van der Waals surface area contributed by atoms with Gasteiger partial charge < -0.3 is 18.8 Å². The summed E-state index contributed by atoms with van der Waals surface area (Å²) in [4.78, 5) is 33.2. The Hall–Kier alpha value is -3.39. The SMILES string of the molecule is CCOC(=O)C1C(=O)N(CCOC)c2nc3ccccc3n2C1c1ccc(OCCC(C)C)cc1. The fraction of sp³-hybridized carbons (Fsp3) is 0.444. The molecule has 2 aromatic carbocycles. The number of ether oxygens (including phenoxy) is 3. The summed E-state index contributed by atoms with van der Waals surface area (Å²) < 4.78 is 18.5. The Morgan fingerprint density at radius 3 is 2.51 bits per heavy atom. The quantitative estimate of drug-likeness (QED) is 0.320. The number of rotatable bonds is 10. The number of nitrogens with zero attached hydrogens (tertiary/aromatic N) is 3. The Morgan fingerprint density at radius 2 is 1.83 bits per heavy atom. The lowest BCUT2D eigenvalue weighted by Gasteiger charge is -2.37. The zero-order valence-corrected chi connectivity index (χ0v) is 20.8. The number of aromatic nitrogens is 2. The molecule has 0 N–H and O–H groups in total. The second-order valence-corrected chi connectivity index (χ2v) is 9.03. The summed E-state index contributed by atoms with van der Waals surface area (Å²) in [6, 6.07) is 14.7. The van der Waals surface area contributed by atoms with Crippen LogP contribution in [0.5, 0.6) is 5.75 Å². The normalized spacial score (nSPS) is 17.6. The Bertz CT molecular complexity index is 1170. The first-order chi connectivity index (χ1) is 17.0. The third-order valence-electron chi connectivity index (χ3n) is 6.19. The van der Waals surface area contributed by atoms with Crippen molar-refractivity contribution in [3.05, 3.63) is 54.1 Å². The van der Waals surface area contributed by atoms with E-state index >= 15 is 0 Å². The molecule has 3 aromatic rings. The van der Waals surface area contributed by atoms with Crippen LogP contribution in [0.25, 0.3) is 11.0 Å². The molecule has 0 spiro atoms. The number of methoxy groups -OCH3 is 1. The highest BCUT2D eigenvalue weighted by molar-refractivity contribution is 6.08. The minimum atomic E-state index is -1.05. The van der Waals surface area contributed by atoms with Crippen LogP contribution in [-0.4, -0.2) is 54.9 Å². The van der Waals surface area contributed by atoms with Gasteiger partial charge in [-0.05, 0) is 49.1 Å². The molecule has 2 unspecified atom stereocenters. The van der Waals surface area contributed by atoms with E-state index in [-0.39, 0.29) is 19.1 Å². The maximum atomic E-state index is 13.7. The van der Waals surface area contributed by atoms with Crippen LogP contribution in [0, 0.1) is 11.8 Å². The van der Waals surface area contributed by atoms with Gasteiger partial charge in [-0.15, -0.1) is 0 Å². The van der Waals surface area contributed by atoms with E-state index in [0.29, 0.717) is 25.1 Å². The summed E-state index contributed by atoms with van der Waals surface area (Å²) in [5.41, 5.74) is 2.40. The molecule has 4 rings (SSSR count).